The van der Waals surface area contributed by atoms with E-state index in [1.165, 1.54) is 0 Å². The third kappa shape index (κ3) is 6.58. The van der Waals surface area contributed by atoms with Gasteiger partial charge in [0.05, 0.1) is 18.1 Å². The van der Waals surface area contributed by atoms with Crippen LogP contribution in [0.25, 0.3) is 0 Å². The minimum Gasteiger partial charge on any atom is -0.479 e. The average Bonchev–Trinajstić information content (AvgIpc) is 2.64. The molecule has 128 valence electrons. The van der Waals surface area contributed by atoms with Gasteiger partial charge in [-0.25, -0.2) is 0 Å². The van der Waals surface area contributed by atoms with Crippen LogP contribution in [0.2, 0.25) is 5.02 Å². The first-order chi connectivity index (χ1) is 12.2. The fourth-order valence-corrected chi connectivity index (χ4v) is 2.04. The third-order valence-electron chi connectivity index (χ3n) is 3.08. The Hall–Kier alpha value is -2.97. The zero-order valence-electron chi connectivity index (χ0n) is 13.4. The van der Waals surface area contributed by atoms with Crippen LogP contribution in [0.3, 0.4) is 0 Å². The van der Waals surface area contributed by atoms with Crippen molar-refractivity contribution < 1.29 is 14.3 Å². The van der Waals surface area contributed by atoms with Crippen molar-refractivity contribution in [3.63, 3.8) is 0 Å². The zero-order chi connectivity index (χ0) is 17.9. The van der Waals surface area contributed by atoms with Crippen LogP contribution in [0.15, 0.2) is 54.6 Å². The molecule has 0 heterocycles. The average molecular weight is 357 g/mol. The van der Waals surface area contributed by atoms with Gasteiger partial charge in [-0.2, -0.15) is 0 Å². The molecule has 0 fully saturated rings. The van der Waals surface area contributed by atoms with Gasteiger partial charge < -0.3 is 15.4 Å². The maximum absolute atomic E-state index is 11.8. The Morgan fingerprint density at radius 1 is 0.960 bits per heavy atom. The van der Waals surface area contributed by atoms with Gasteiger partial charge in [0.1, 0.15) is 12.4 Å². The maximum atomic E-state index is 11.8. The predicted octanol–water partition coefficient (Wildman–Crippen LogP) is 2.27. The van der Waals surface area contributed by atoms with Gasteiger partial charge in [-0.1, -0.05) is 53.8 Å². The van der Waals surface area contributed by atoms with Crippen molar-refractivity contribution in [1.29, 1.82) is 0 Å². The quantitative estimate of drug-likeness (QED) is 0.780. The van der Waals surface area contributed by atoms with Gasteiger partial charge >= 0.3 is 0 Å². The minimum atomic E-state index is -0.314. The first-order valence-corrected chi connectivity index (χ1v) is 7.97. The maximum Gasteiger partial charge on any atom is 0.251 e. The van der Waals surface area contributed by atoms with E-state index >= 15 is 0 Å². The van der Waals surface area contributed by atoms with E-state index in [4.69, 9.17) is 16.3 Å². The fraction of sp³-hybridized carbons (Fsp3) is 0.158. The summed E-state index contributed by atoms with van der Waals surface area (Å²) in [5.74, 6) is 5.49. The highest BCUT2D eigenvalue weighted by atomic mass is 35.5. The number of carbonyl (C=O) groups excluding carboxylic acids is 2. The monoisotopic (exact) mass is 356 g/mol. The van der Waals surface area contributed by atoms with Crippen molar-refractivity contribution in [1.82, 2.24) is 10.6 Å². The van der Waals surface area contributed by atoms with E-state index in [9.17, 15) is 9.59 Å². The number of hydrogen-bond donors (Lipinski definition) is 2. The highest BCUT2D eigenvalue weighted by molar-refractivity contribution is 6.32. The molecule has 25 heavy (non-hydrogen) atoms. The molecule has 0 aromatic heterocycles. The number of carbonyl (C=O) groups is 2. The first kappa shape index (κ1) is 18.4. The van der Waals surface area contributed by atoms with Gasteiger partial charge in [-0.05, 0) is 24.3 Å². The Labute approximate surface area is 151 Å². The van der Waals surface area contributed by atoms with Crippen molar-refractivity contribution in [3.8, 4) is 17.6 Å². The lowest BCUT2D eigenvalue weighted by molar-refractivity contribution is -0.119. The van der Waals surface area contributed by atoms with Crippen LogP contribution in [0.5, 0.6) is 5.75 Å². The molecule has 0 radical (unpaired) electrons. The Bertz CT molecular complexity index is 782. The topological polar surface area (TPSA) is 67.4 Å². The smallest absolute Gasteiger partial charge is 0.251 e. The SMILES string of the molecule is O=C(CNC(=O)c1ccccc1)NCC#CCOc1ccccc1Cl. The van der Waals surface area contributed by atoms with E-state index in [-0.39, 0.29) is 31.5 Å². The molecule has 0 spiro atoms. The molecule has 2 rings (SSSR count). The molecule has 5 nitrogen and oxygen atoms in total. The summed E-state index contributed by atoms with van der Waals surface area (Å²) in [5, 5.41) is 5.65. The van der Waals surface area contributed by atoms with Crippen LogP contribution >= 0.6 is 11.6 Å². The highest BCUT2D eigenvalue weighted by Crippen LogP contribution is 2.22. The summed E-state index contributed by atoms with van der Waals surface area (Å²) < 4.78 is 5.40. The van der Waals surface area contributed by atoms with Crippen molar-refractivity contribution in [2.45, 2.75) is 0 Å². The number of ether oxygens (including phenoxy) is 1. The number of para-hydroxylation sites is 1. The Kier molecular flexibility index (Phi) is 7.36. The molecule has 0 aliphatic carbocycles. The second-order valence-corrected chi connectivity index (χ2v) is 5.31. The second kappa shape index (κ2) is 10.0. The minimum absolute atomic E-state index is 0.106. The molecule has 0 unspecified atom stereocenters. The lowest BCUT2D eigenvalue weighted by Gasteiger charge is -2.05. The summed E-state index contributed by atoms with van der Waals surface area (Å²) in [7, 11) is 0. The Balaban J connectivity index is 1.63. The summed E-state index contributed by atoms with van der Waals surface area (Å²) >= 11 is 5.95. The largest absolute Gasteiger partial charge is 0.479 e. The molecule has 6 heteroatoms. The number of benzene rings is 2. The lowest BCUT2D eigenvalue weighted by atomic mass is 10.2. The van der Waals surface area contributed by atoms with Gasteiger partial charge in [0.15, 0.2) is 0 Å². The van der Waals surface area contributed by atoms with Gasteiger partial charge in [0.25, 0.3) is 5.91 Å². The summed E-state index contributed by atoms with van der Waals surface area (Å²) in [6, 6.07) is 15.8. The van der Waals surface area contributed by atoms with Crippen LogP contribution in [0, 0.1) is 11.8 Å². The van der Waals surface area contributed by atoms with Crippen molar-refractivity contribution >= 4 is 23.4 Å². The summed E-state index contributed by atoms with van der Waals surface area (Å²) in [6.07, 6.45) is 0. The Morgan fingerprint density at radius 2 is 1.68 bits per heavy atom. The van der Waals surface area contributed by atoms with Crippen molar-refractivity contribution in [2.24, 2.45) is 0 Å². The van der Waals surface area contributed by atoms with E-state index in [2.05, 4.69) is 22.5 Å². The molecule has 0 atom stereocenters. The first-order valence-electron chi connectivity index (χ1n) is 7.60. The van der Waals surface area contributed by atoms with Gasteiger partial charge in [-0.3, -0.25) is 9.59 Å². The van der Waals surface area contributed by atoms with Crippen LogP contribution in [-0.4, -0.2) is 31.5 Å². The predicted molar refractivity (Wildman–Crippen MR) is 96.5 cm³/mol. The molecule has 2 aromatic rings. The van der Waals surface area contributed by atoms with E-state index in [0.717, 1.165) is 0 Å². The molecule has 0 aliphatic rings. The third-order valence-corrected chi connectivity index (χ3v) is 3.39. The molecular weight excluding hydrogens is 340 g/mol. The van der Waals surface area contributed by atoms with Crippen molar-refractivity contribution in [3.05, 3.63) is 65.2 Å². The van der Waals surface area contributed by atoms with Gasteiger partial charge in [-0.15, -0.1) is 0 Å². The summed E-state index contributed by atoms with van der Waals surface area (Å²) in [4.78, 5) is 23.4. The molecule has 0 saturated heterocycles. The second-order valence-electron chi connectivity index (χ2n) is 4.90. The van der Waals surface area contributed by atoms with Gasteiger partial charge in [0.2, 0.25) is 5.91 Å². The molecule has 2 N–H and O–H groups in total. The number of halogens is 1. The number of nitrogens with one attached hydrogen (secondary N) is 2. The number of hydrogen-bond acceptors (Lipinski definition) is 3. The standard InChI is InChI=1S/C19H17ClN2O3/c20-16-10-4-5-11-17(16)25-13-7-6-12-21-18(23)14-22-19(24)15-8-2-1-3-9-15/h1-5,8-11H,12-14H2,(H,21,23)(H,22,24). The molecular formula is C19H17ClN2O3. The van der Waals surface area contributed by atoms with Gasteiger partial charge in [0, 0.05) is 5.56 Å². The van der Waals surface area contributed by atoms with E-state index in [1.807, 2.05) is 18.2 Å². The molecule has 2 aromatic carbocycles. The van der Waals surface area contributed by atoms with Crippen LogP contribution in [0.4, 0.5) is 0 Å². The lowest BCUT2D eigenvalue weighted by Crippen LogP contribution is -2.37. The zero-order valence-corrected chi connectivity index (χ0v) is 14.2. The normalized spacial score (nSPS) is 9.48. The molecule has 2 amide bonds. The molecule has 0 saturated carbocycles. The fourth-order valence-electron chi connectivity index (χ4n) is 1.85. The van der Waals surface area contributed by atoms with Crippen LogP contribution < -0.4 is 15.4 Å². The number of rotatable bonds is 6. The van der Waals surface area contributed by atoms with Crippen LogP contribution in [0.1, 0.15) is 10.4 Å². The summed E-state index contributed by atoms with van der Waals surface area (Å²) in [5.41, 5.74) is 0.506. The van der Waals surface area contributed by atoms with E-state index in [1.54, 1.807) is 36.4 Å². The van der Waals surface area contributed by atoms with Crippen molar-refractivity contribution in [2.75, 3.05) is 19.7 Å². The van der Waals surface area contributed by atoms with E-state index in [0.29, 0.717) is 16.3 Å². The number of amides is 2. The Morgan fingerprint density at radius 3 is 2.44 bits per heavy atom. The summed E-state index contributed by atoms with van der Waals surface area (Å²) in [6.45, 7) is 0.238. The highest BCUT2D eigenvalue weighted by Gasteiger charge is 2.06. The molecule has 0 aliphatic heterocycles. The van der Waals surface area contributed by atoms with Crippen LogP contribution in [-0.2, 0) is 4.79 Å². The van der Waals surface area contributed by atoms with E-state index < -0.39 is 0 Å². The molecule has 0 bridgehead atoms.